The second kappa shape index (κ2) is 12.3. The van der Waals surface area contributed by atoms with Crippen molar-refractivity contribution >= 4 is 11.9 Å². The van der Waals surface area contributed by atoms with Crippen molar-refractivity contribution in [2.24, 2.45) is 5.92 Å². The zero-order chi connectivity index (χ0) is 27.2. The van der Waals surface area contributed by atoms with Gasteiger partial charge in [0.25, 0.3) is 5.95 Å². The Morgan fingerprint density at radius 2 is 1.85 bits per heavy atom. The van der Waals surface area contributed by atoms with Crippen LogP contribution in [0.3, 0.4) is 0 Å². The fourth-order valence-electron chi connectivity index (χ4n) is 5.96. The van der Waals surface area contributed by atoms with Crippen LogP contribution in [0.15, 0.2) is 90.3 Å². The summed E-state index contributed by atoms with van der Waals surface area (Å²) in [4.78, 5) is 22.8. The lowest BCUT2D eigenvalue weighted by atomic mass is 9.79. The van der Waals surface area contributed by atoms with E-state index in [9.17, 15) is 4.79 Å². The Labute approximate surface area is 232 Å². The van der Waals surface area contributed by atoms with Gasteiger partial charge < -0.3 is 0 Å². The molecule has 0 radical (unpaired) electrons. The van der Waals surface area contributed by atoms with Crippen molar-refractivity contribution in [3.63, 3.8) is 0 Å². The van der Waals surface area contributed by atoms with Gasteiger partial charge in [0.15, 0.2) is 5.78 Å². The molecule has 0 fully saturated rings. The highest BCUT2D eigenvalue weighted by Gasteiger charge is 2.27. The van der Waals surface area contributed by atoms with Crippen molar-refractivity contribution < 1.29 is 4.79 Å². The minimum Gasteiger partial charge on any atom is -0.289 e. The normalized spacial score (nSPS) is 20.4. The first-order chi connectivity index (χ1) is 19.1. The monoisotopic (exact) mass is 518 g/mol. The minimum absolute atomic E-state index is 0.258. The van der Waals surface area contributed by atoms with E-state index in [4.69, 9.17) is 5.10 Å². The minimum atomic E-state index is 0.258. The quantitative estimate of drug-likeness (QED) is 0.316. The van der Waals surface area contributed by atoms with Gasteiger partial charge in [0, 0.05) is 29.4 Å². The van der Waals surface area contributed by atoms with E-state index in [2.05, 4.69) is 72.0 Å². The van der Waals surface area contributed by atoms with Crippen molar-refractivity contribution in [3.05, 3.63) is 102 Å². The van der Waals surface area contributed by atoms with Crippen molar-refractivity contribution in [2.75, 3.05) is 0 Å². The van der Waals surface area contributed by atoms with Crippen molar-refractivity contribution in [1.82, 2.24) is 19.7 Å². The molecule has 0 N–H and O–H groups in total. The molecule has 0 amide bonds. The van der Waals surface area contributed by atoms with E-state index in [0.717, 1.165) is 85.0 Å². The Morgan fingerprint density at radius 3 is 2.59 bits per heavy atom. The SMILES string of the molecule is C=Cc1ccc(-c2cc(C3CCCC=C(C(=O)C4=C(C=CC)C(C)CCC4)CC3)n(-c3ncccn3)n2)cc1. The number of benzene rings is 1. The molecule has 0 aliphatic heterocycles. The molecular formula is C34H38N4O. The largest absolute Gasteiger partial charge is 0.289 e. The predicted molar refractivity (Wildman–Crippen MR) is 158 cm³/mol. The summed E-state index contributed by atoms with van der Waals surface area (Å²) in [6.07, 6.45) is 19.6. The van der Waals surface area contributed by atoms with E-state index in [0.29, 0.717) is 11.9 Å². The van der Waals surface area contributed by atoms with Crippen LogP contribution < -0.4 is 0 Å². The van der Waals surface area contributed by atoms with Crippen LogP contribution in [-0.2, 0) is 4.79 Å². The Hall–Kier alpha value is -3.86. The highest BCUT2D eigenvalue weighted by atomic mass is 16.1. The van der Waals surface area contributed by atoms with Gasteiger partial charge in [0.05, 0.1) is 11.4 Å². The van der Waals surface area contributed by atoms with Crippen molar-refractivity contribution in [1.29, 1.82) is 0 Å². The molecule has 0 spiro atoms. The summed E-state index contributed by atoms with van der Waals surface area (Å²) in [6.45, 7) is 8.15. The van der Waals surface area contributed by atoms with E-state index in [-0.39, 0.29) is 11.7 Å². The van der Waals surface area contributed by atoms with Crippen LogP contribution in [0.25, 0.3) is 23.3 Å². The van der Waals surface area contributed by atoms with Gasteiger partial charge in [-0.3, -0.25) is 4.79 Å². The number of carbonyl (C=O) groups excluding carboxylic acids is 1. The van der Waals surface area contributed by atoms with E-state index >= 15 is 0 Å². The standard InChI is InChI=1S/C34H38N4O/c1-4-10-29-24(3)11-8-14-30(29)33(39)28-13-7-6-12-27(19-20-28)32-23-31(26-17-15-25(5-2)16-18-26)37-38(32)34-35-21-9-22-36-34/h4-5,9-10,13,15-18,21-24,27H,2,6-8,11-12,14,19-20H2,1,3H3. The van der Waals surface area contributed by atoms with Gasteiger partial charge in [0.2, 0.25) is 0 Å². The lowest BCUT2D eigenvalue weighted by Gasteiger charge is -2.25. The molecule has 2 aromatic heterocycles. The number of nitrogens with zero attached hydrogens (tertiary/aromatic N) is 4. The van der Waals surface area contributed by atoms with E-state index in [1.807, 2.05) is 23.7 Å². The van der Waals surface area contributed by atoms with Gasteiger partial charge in [-0.15, -0.1) is 0 Å². The molecule has 5 nitrogen and oxygen atoms in total. The van der Waals surface area contributed by atoms with Gasteiger partial charge in [-0.1, -0.05) is 62.1 Å². The Morgan fingerprint density at radius 1 is 1.05 bits per heavy atom. The molecule has 2 unspecified atom stereocenters. The first-order valence-electron chi connectivity index (χ1n) is 14.3. The van der Waals surface area contributed by atoms with Gasteiger partial charge in [-0.25, -0.2) is 14.6 Å². The van der Waals surface area contributed by atoms with Gasteiger partial charge in [-0.2, -0.15) is 5.10 Å². The van der Waals surface area contributed by atoms with Crippen LogP contribution in [0.5, 0.6) is 0 Å². The molecule has 2 aliphatic rings. The molecule has 2 atom stereocenters. The average Bonchev–Trinajstić information content (AvgIpc) is 3.40. The van der Waals surface area contributed by atoms with Crippen molar-refractivity contribution in [2.45, 2.75) is 71.1 Å². The Bertz CT molecular complexity index is 1410. The molecule has 0 bridgehead atoms. The van der Waals surface area contributed by atoms with Gasteiger partial charge >= 0.3 is 0 Å². The second-order valence-electron chi connectivity index (χ2n) is 10.7. The van der Waals surface area contributed by atoms with Crippen LogP contribution in [0, 0.1) is 5.92 Å². The first kappa shape index (κ1) is 26.7. The highest BCUT2D eigenvalue weighted by Crippen LogP contribution is 2.37. The Balaban J connectivity index is 1.45. The fraction of sp³-hybridized carbons (Fsp3) is 0.353. The molecule has 3 aromatic rings. The van der Waals surface area contributed by atoms with E-state index < -0.39 is 0 Å². The lowest BCUT2D eigenvalue weighted by molar-refractivity contribution is -0.112. The zero-order valence-corrected chi connectivity index (χ0v) is 23.1. The number of carbonyl (C=O) groups is 1. The first-order valence-corrected chi connectivity index (χ1v) is 14.3. The van der Waals surface area contributed by atoms with Gasteiger partial charge in [0.1, 0.15) is 0 Å². The van der Waals surface area contributed by atoms with E-state index in [1.54, 1.807) is 12.4 Å². The summed E-state index contributed by atoms with van der Waals surface area (Å²) in [5.74, 6) is 1.54. The Kier molecular flexibility index (Phi) is 8.45. The van der Waals surface area contributed by atoms with Gasteiger partial charge in [-0.05, 0) is 93.1 Å². The maximum Gasteiger partial charge on any atom is 0.250 e. The summed E-state index contributed by atoms with van der Waals surface area (Å²) in [7, 11) is 0. The third-order valence-corrected chi connectivity index (χ3v) is 8.10. The summed E-state index contributed by atoms with van der Waals surface area (Å²) >= 11 is 0. The maximum absolute atomic E-state index is 13.8. The molecule has 39 heavy (non-hydrogen) atoms. The number of allylic oxidation sites excluding steroid dienone is 6. The number of aromatic nitrogens is 4. The molecule has 2 heterocycles. The molecule has 200 valence electrons. The summed E-state index contributed by atoms with van der Waals surface area (Å²) in [5.41, 5.74) is 7.38. The lowest BCUT2D eigenvalue weighted by Crippen LogP contribution is -2.18. The number of hydrogen-bond acceptors (Lipinski definition) is 4. The summed E-state index contributed by atoms with van der Waals surface area (Å²) in [6, 6.07) is 12.3. The van der Waals surface area contributed by atoms with Crippen LogP contribution in [0.1, 0.15) is 82.4 Å². The number of rotatable bonds is 7. The third-order valence-electron chi connectivity index (χ3n) is 8.10. The molecule has 0 saturated carbocycles. The molecular weight excluding hydrogens is 480 g/mol. The van der Waals surface area contributed by atoms with E-state index in [1.165, 1.54) is 5.57 Å². The smallest absolute Gasteiger partial charge is 0.250 e. The summed E-state index contributed by atoms with van der Waals surface area (Å²) in [5, 5.41) is 4.97. The highest BCUT2D eigenvalue weighted by molar-refractivity contribution is 6.09. The fourth-order valence-corrected chi connectivity index (χ4v) is 5.96. The number of ketones is 1. The maximum atomic E-state index is 13.8. The summed E-state index contributed by atoms with van der Waals surface area (Å²) < 4.78 is 1.91. The zero-order valence-electron chi connectivity index (χ0n) is 23.1. The molecule has 5 rings (SSSR count). The van der Waals surface area contributed by atoms with Crippen LogP contribution >= 0.6 is 0 Å². The van der Waals surface area contributed by atoms with Crippen LogP contribution in [-0.4, -0.2) is 25.5 Å². The van der Waals surface area contributed by atoms with Crippen LogP contribution in [0.2, 0.25) is 0 Å². The van der Waals surface area contributed by atoms with Crippen LogP contribution in [0.4, 0.5) is 0 Å². The topological polar surface area (TPSA) is 60.7 Å². The van der Waals surface area contributed by atoms with Crippen molar-refractivity contribution in [3.8, 4) is 17.2 Å². The predicted octanol–water partition coefficient (Wildman–Crippen LogP) is 8.21. The second-order valence-corrected chi connectivity index (χ2v) is 10.7. The molecule has 1 aromatic carbocycles. The molecule has 5 heteroatoms. The molecule has 2 aliphatic carbocycles. The number of Topliss-reactive ketones (excluding diaryl/α,β-unsaturated/α-hetero) is 1. The molecule has 0 saturated heterocycles. The number of hydrogen-bond donors (Lipinski definition) is 0. The third kappa shape index (κ3) is 5.93. The average molecular weight is 519 g/mol.